The molecular formula is C16H19BrN2O2. The van der Waals surface area contributed by atoms with E-state index in [0.29, 0.717) is 19.0 Å². The Morgan fingerprint density at radius 1 is 1.24 bits per heavy atom. The summed E-state index contributed by atoms with van der Waals surface area (Å²) < 4.78 is 0.884. The summed E-state index contributed by atoms with van der Waals surface area (Å²) in [6, 6.07) is 7.94. The molecule has 5 heteroatoms. The lowest BCUT2D eigenvalue weighted by Gasteiger charge is -2.19. The van der Waals surface area contributed by atoms with Crippen molar-refractivity contribution in [2.45, 2.75) is 38.1 Å². The van der Waals surface area contributed by atoms with E-state index in [-0.39, 0.29) is 17.7 Å². The molecule has 1 N–H and O–H groups in total. The lowest BCUT2D eigenvalue weighted by atomic mass is 10.1. The highest BCUT2D eigenvalue weighted by atomic mass is 79.9. The highest BCUT2D eigenvalue weighted by Gasteiger charge is 2.36. The van der Waals surface area contributed by atoms with Gasteiger partial charge in [0, 0.05) is 23.5 Å². The first-order valence-electron chi connectivity index (χ1n) is 7.50. The summed E-state index contributed by atoms with van der Waals surface area (Å²) >= 11 is 3.47. The van der Waals surface area contributed by atoms with Crippen LogP contribution in [-0.4, -0.2) is 24.4 Å². The molecule has 1 unspecified atom stereocenters. The average Bonchev–Trinajstić information content (AvgIpc) is 3.09. The van der Waals surface area contributed by atoms with Gasteiger partial charge in [0.05, 0.1) is 11.6 Å². The third kappa shape index (κ3) is 3.12. The maximum absolute atomic E-state index is 12.3. The molecule has 1 aliphatic carbocycles. The Bertz CT molecular complexity index is 555. The van der Waals surface area contributed by atoms with Crippen molar-refractivity contribution < 1.29 is 9.59 Å². The molecule has 1 saturated carbocycles. The van der Waals surface area contributed by atoms with E-state index in [2.05, 4.69) is 21.2 Å². The maximum Gasteiger partial charge on any atom is 0.227 e. The number of carbonyl (C=O) groups is 2. The van der Waals surface area contributed by atoms with Gasteiger partial charge in [-0.3, -0.25) is 9.59 Å². The Labute approximate surface area is 133 Å². The van der Waals surface area contributed by atoms with Gasteiger partial charge in [-0.05, 0) is 40.9 Å². The number of benzene rings is 1. The summed E-state index contributed by atoms with van der Waals surface area (Å²) in [6.07, 6.45) is 4.83. The smallest absolute Gasteiger partial charge is 0.227 e. The number of halogens is 1. The molecule has 2 fully saturated rings. The van der Waals surface area contributed by atoms with Gasteiger partial charge >= 0.3 is 0 Å². The molecular weight excluding hydrogens is 332 g/mol. The summed E-state index contributed by atoms with van der Waals surface area (Å²) in [6.45, 7) is 0.472. The SMILES string of the molecule is O=C(NC1CCCC1)C1CC(=O)N(c2ccccc2Br)C1. The Kier molecular flexibility index (Phi) is 4.29. The molecule has 0 spiro atoms. The van der Waals surface area contributed by atoms with Crippen molar-refractivity contribution in [3.63, 3.8) is 0 Å². The summed E-state index contributed by atoms with van der Waals surface area (Å²) in [4.78, 5) is 26.2. The third-order valence-corrected chi connectivity index (χ3v) is 5.01. The maximum atomic E-state index is 12.3. The monoisotopic (exact) mass is 350 g/mol. The second kappa shape index (κ2) is 6.18. The van der Waals surface area contributed by atoms with E-state index in [9.17, 15) is 9.59 Å². The minimum Gasteiger partial charge on any atom is -0.353 e. The predicted molar refractivity (Wildman–Crippen MR) is 85.0 cm³/mol. The molecule has 21 heavy (non-hydrogen) atoms. The molecule has 3 rings (SSSR count). The molecule has 1 heterocycles. The fourth-order valence-electron chi connectivity index (χ4n) is 3.18. The van der Waals surface area contributed by atoms with Crippen LogP contribution in [-0.2, 0) is 9.59 Å². The number of nitrogens with one attached hydrogen (secondary N) is 1. The number of para-hydroxylation sites is 1. The van der Waals surface area contributed by atoms with E-state index in [1.807, 2.05) is 24.3 Å². The normalized spacial score (nSPS) is 22.8. The zero-order chi connectivity index (χ0) is 14.8. The number of carbonyl (C=O) groups excluding carboxylic acids is 2. The molecule has 0 radical (unpaired) electrons. The van der Waals surface area contributed by atoms with Crippen LogP contribution in [0.3, 0.4) is 0 Å². The number of rotatable bonds is 3. The van der Waals surface area contributed by atoms with Crippen molar-refractivity contribution in [1.29, 1.82) is 0 Å². The first kappa shape index (κ1) is 14.6. The number of nitrogens with zero attached hydrogens (tertiary/aromatic N) is 1. The minimum absolute atomic E-state index is 0.0217. The molecule has 0 bridgehead atoms. The first-order valence-corrected chi connectivity index (χ1v) is 8.29. The first-order chi connectivity index (χ1) is 10.1. The quantitative estimate of drug-likeness (QED) is 0.911. The van der Waals surface area contributed by atoms with Gasteiger partial charge in [-0.1, -0.05) is 25.0 Å². The van der Waals surface area contributed by atoms with Gasteiger partial charge in [0.25, 0.3) is 0 Å². The minimum atomic E-state index is -0.231. The molecule has 2 aliphatic rings. The summed E-state index contributed by atoms with van der Waals surface area (Å²) in [5, 5.41) is 3.10. The Hall–Kier alpha value is -1.36. The highest BCUT2D eigenvalue weighted by Crippen LogP contribution is 2.31. The van der Waals surface area contributed by atoms with Crippen molar-refractivity contribution in [2.75, 3.05) is 11.4 Å². The standard InChI is InChI=1S/C16H19BrN2O2/c17-13-7-3-4-8-14(13)19-10-11(9-15(19)20)16(21)18-12-5-1-2-6-12/h3-4,7-8,11-12H,1-2,5-6,9-10H2,(H,18,21). The predicted octanol–water partition coefficient (Wildman–Crippen LogP) is 2.86. The van der Waals surface area contributed by atoms with Crippen LogP contribution in [0.5, 0.6) is 0 Å². The second-order valence-electron chi connectivity index (χ2n) is 5.85. The Morgan fingerprint density at radius 3 is 2.67 bits per heavy atom. The number of amides is 2. The van der Waals surface area contributed by atoms with Gasteiger partial charge in [-0.15, -0.1) is 0 Å². The van der Waals surface area contributed by atoms with Crippen LogP contribution in [0.4, 0.5) is 5.69 Å². The fraction of sp³-hybridized carbons (Fsp3) is 0.500. The molecule has 4 nitrogen and oxygen atoms in total. The molecule has 112 valence electrons. The Morgan fingerprint density at radius 2 is 1.95 bits per heavy atom. The van der Waals surface area contributed by atoms with Crippen LogP contribution in [0, 0.1) is 5.92 Å². The lowest BCUT2D eigenvalue weighted by Crippen LogP contribution is -2.38. The van der Waals surface area contributed by atoms with Crippen LogP contribution in [0.25, 0.3) is 0 Å². The van der Waals surface area contributed by atoms with E-state index >= 15 is 0 Å². The fourth-order valence-corrected chi connectivity index (χ4v) is 3.67. The van der Waals surface area contributed by atoms with E-state index in [4.69, 9.17) is 0 Å². The van der Waals surface area contributed by atoms with Crippen LogP contribution in [0.15, 0.2) is 28.7 Å². The average molecular weight is 351 g/mol. The van der Waals surface area contributed by atoms with Gasteiger partial charge in [-0.2, -0.15) is 0 Å². The molecule has 1 saturated heterocycles. The van der Waals surface area contributed by atoms with Crippen LogP contribution in [0.1, 0.15) is 32.1 Å². The largest absolute Gasteiger partial charge is 0.353 e. The zero-order valence-electron chi connectivity index (χ0n) is 11.8. The van der Waals surface area contributed by atoms with E-state index in [1.54, 1.807) is 4.90 Å². The van der Waals surface area contributed by atoms with Crippen molar-refractivity contribution >= 4 is 33.4 Å². The van der Waals surface area contributed by atoms with Gasteiger partial charge in [0.1, 0.15) is 0 Å². The van der Waals surface area contributed by atoms with E-state index in [0.717, 1.165) is 23.0 Å². The van der Waals surface area contributed by atoms with Gasteiger partial charge < -0.3 is 10.2 Å². The van der Waals surface area contributed by atoms with Gasteiger partial charge in [0.2, 0.25) is 11.8 Å². The molecule has 1 atom stereocenters. The zero-order valence-corrected chi connectivity index (χ0v) is 13.4. The van der Waals surface area contributed by atoms with Crippen molar-refractivity contribution in [3.05, 3.63) is 28.7 Å². The summed E-state index contributed by atoms with van der Waals surface area (Å²) in [7, 11) is 0. The van der Waals surface area contributed by atoms with Crippen molar-refractivity contribution in [2.24, 2.45) is 5.92 Å². The topological polar surface area (TPSA) is 49.4 Å². The van der Waals surface area contributed by atoms with E-state index < -0.39 is 0 Å². The van der Waals surface area contributed by atoms with Crippen molar-refractivity contribution in [3.8, 4) is 0 Å². The van der Waals surface area contributed by atoms with Crippen molar-refractivity contribution in [1.82, 2.24) is 5.32 Å². The molecule has 0 aromatic heterocycles. The van der Waals surface area contributed by atoms with E-state index in [1.165, 1.54) is 12.8 Å². The number of hydrogen-bond donors (Lipinski definition) is 1. The second-order valence-corrected chi connectivity index (χ2v) is 6.70. The Balaban J connectivity index is 1.67. The molecule has 1 aromatic carbocycles. The lowest BCUT2D eigenvalue weighted by molar-refractivity contribution is -0.126. The molecule has 1 aliphatic heterocycles. The number of hydrogen-bond acceptors (Lipinski definition) is 2. The third-order valence-electron chi connectivity index (χ3n) is 4.34. The van der Waals surface area contributed by atoms with Crippen LogP contribution < -0.4 is 10.2 Å². The van der Waals surface area contributed by atoms with Gasteiger partial charge in [-0.25, -0.2) is 0 Å². The summed E-state index contributed by atoms with van der Waals surface area (Å²) in [5.74, 6) is -0.177. The molecule has 1 aromatic rings. The highest BCUT2D eigenvalue weighted by molar-refractivity contribution is 9.10. The number of anilines is 1. The molecule has 2 amide bonds. The van der Waals surface area contributed by atoms with Crippen LogP contribution >= 0.6 is 15.9 Å². The summed E-state index contributed by atoms with van der Waals surface area (Å²) in [5.41, 5.74) is 0.846. The van der Waals surface area contributed by atoms with Gasteiger partial charge in [0.15, 0.2) is 0 Å². The van der Waals surface area contributed by atoms with Crippen LogP contribution in [0.2, 0.25) is 0 Å².